The summed E-state index contributed by atoms with van der Waals surface area (Å²) in [4.78, 5) is 37.5. The highest BCUT2D eigenvalue weighted by atomic mass is 16.5. The summed E-state index contributed by atoms with van der Waals surface area (Å²) in [5, 5.41) is 0. The average Bonchev–Trinajstić information content (AvgIpc) is 2.89. The van der Waals surface area contributed by atoms with Crippen molar-refractivity contribution in [2.45, 2.75) is 12.8 Å². The van der Waals surface area contributed by atoms with E-state index in [1.165, 1.54) is 47.7 Å². The van der Waals surface area contributed by atoms with Crippen molar-refractivity contribution >= 4 is 29.7 Å². The molecule has 8 nitrogen and oxygen atoms in total. The van der Waals surface area contributed by atoms with Crippen LogP contribution in [-0.4, -0.2) is 53.1 Å². The van der Waals surface area contributed by atoms with Gasteiger partial charge in [0.25, 0.3) is 0 Å². The Labute approximate surface area is 205 Å². The second kappa shape index (κ2) is 13.6. The molecule has 0 fully saturated rings. The number of carbonyl (C=O) groups is 3. The summed E-state index contributed by atoms with van der Waals surface area (Å²) in [5.74, 6) is -0.247. The first-order valence-electron chi connectivity index (χ1n) is 10.8. The van der Waals surface area contributed by atoms with Crippen molar-refractivity contribution in [1.29, 1.82) is 0 Å². The lowest BCUT2D eigenvalue weighted by atomic mass is 9.92. The zero-order valence-corrected chi connectivity index (χ0v) is 20.5. The van der Waals surface area contributed by atoms with Gasteiger partial charge in [-0.1, -0.05) is 24.3 Å². The molecule has 2 rings (SSSR count). The molecule has 0 unspecified atom stereocenters. The molecule has 0 saturated carbocycles. The van der Waals surface area contributed by atoms with Crippen LogP contribution in [0.1, 0.15) is 24.0 Å². The molecular weight excluding hydrogens is 452 g/mol. The highest BCUT2D eigenvalue weighted by Gasteiger charge is 2.24. The smallest absolute Gasteiger partial charge is 0.305 e. The van der Waals surface area contributed by atoms with Crippen molar-refractivity contribution in [2.75, 3.05) is 35.5 Å². The number of ketones is 2. The molecule has 0 saturated heterocycles. The van der Waals surface area contributed by atoms with Crippen LogP contribution in [0.2, 0.25) is 0 Å². The van der Waals surface area contributed by atoms with Crippen molar-refractivity contribution in [2.24, 2.45) is 5.92 Å². The van der Waals surface area contributed by atoms with Crippen molar-refractivity contribution < 1.29 is 38.1 Å². The van der Waals surface area contributed by atoms with Crippen molar-refractivity contribution in [1.82, 2.24) is 0 Å². The van der Waals surface area contributed by atoms with Gasteiger partial charge >= 0.3 is 5.97 Å². The largest absolute Gasteiger partial charge is 0.493 e. The first-order valence-corrected chi connectivity index (χ1v) is 10.8. The number of hydrogen-bond donors (Lipinski definition) is 0. The number of methoxy groups -OCH3 is 5. The highest BCUT2D eigenvalue weighted by molar-refractivity contribution is 6.13. The SMILES string of the molecule is COC(=O)CCC(C(=O)/C=C/c1ccc(OC)c(OC)c1)C(=O)/C=C/c1ccc(OC)c(OC)c1. The third-order valence-corrected chi connectivity index (χ3v) is 5.25. The Balaban J connectivity index is 2.24. The van der Waals surface area contributed by atoms with Crippen LogP contribution in [0.3, 0.4) is 0 Å². The normalized spacial score (nSPS) is 11.0. The lowest BCUT2D eigenvalue weighted by Gasteiger charge is -2.11. The van der Waals surface area contributed by atoms with Gasteiger partial charge in [0.05, 0.1) is 41.5 Å². The molecule has 0 aliphatic carbocycles. The average molecular weight is 483 g/mol. The van der Waals surface area contributed by atoms with Gasteiger partial charge in [0.2, 0.25) is 0 Å². The maximum absolute atomic E-state index is 12.9. The van der Waals surface area contributed by atoms with Crippen molar-refractivity contribution in [3.8, 4) is 23.0 Å². The van der Waals surface area contributed by atoms with Gasteiger partial charge in [-0.25, -0.2) is 0 Å². The monoisotopic (exact) mass is 482 g/mol. The predicted molar refractivity (Wildman–Crippen MR) is 132 cm³/mol. The minimum absolute atomic E-state index is 0.0247. The fourth-order valence-corrected chi connectivity index (χ4v) is 3.29. The number of ether oxygens (including phenoxy) is 5. The Bertz CT molecular complexity index is 1020. The van der Waals surface area contributed by atoms with Crippen LogP contribution in [-0.2, 0) is 19.1 Å². The van der Waals surface area contributed by atoms with E-state index < -0.39 is 23.5 Å². The van der Waals surface area contributed by atoms with Gasteiger partial charge in [0, 0.05) is 6.42 Å². The summed E-state index contributed by atoms with van der Waals surface area (Å²) in [6.07, 6.45) is 5.78. The van der Waals surface area contributed by atoms with Gasteiger partial charge < -0.3 is 23.7 Å². The molecule has 0 aliphatic heterocycles. The minimum atomic E-state index is -1.04. The Morgan fingerprint density at radius 1 is 0.686 bits per heavy atom. The fraction of sp³-hybridized carbons (Fsp3) is 0.296. The van der Waals surface area contributed by atoms with Crippen LogP contribution < -0.4 is 18.9 Å². The van der Waals surface area contributed by atoms with E-state index in [9.17, 15) is 14.4 Å². The maximum Gasteiger partial charge on any atom is 0.305 e. The highest BCUT2D eigenvalue weighted by Crippen LogP contribution is 2.29. The number of hydrogen-bond acceptors (Lipinski definition) is 8. The summed E-state index contributed by atoms with van der Waals surface area (Å²) in [6, 6.07) is 10.4. The van der Waals surface area contributed by atoms with Crippen LogP contribution in [0.4, 0.5) is 0 Å². The summed E-state index contributed by atoms with van der Waals surface area (Å²) in [5.41, 5.74) is 1.38. The molecule has 2 aromatic carbocycles. The number of benzene rings is 2. The van der Waals surface area contributed by atoms with E-state index in [1.807, 2.05) is 0 Å². The molecule has 0 radical (unpaired) electrons. The van der Waals surface area contributed by atoms with E-state index in [0.717, 1.165) is 0 Å². The first kappa shape index (κ1) is 27.2. The lowest BCUT2D eigenvalue weighted by molar-refractivity contribution is -0.141. The van der Waals surface area contributed by atoms with E-state index in [1.54, 1.807) is 48.6 Å². The quantitative estimate of drug-likeness (QED) is 0.239. The zero-order chi connectivity index (χ0) is 25.8. The van der Waals surface area contributed by atoms with Gasteiger partial charge in [-0.15, -0.1) is 0 Å². The molecule has 0 spiro atoms. The number of esters is 1. The summed E-state index contributed by atoms with van der Waals surface area (Å²) in [7, 11) is 7.36. The summed E-state index contributed by atoms with van der Waals surface area (Å²) >= 11 is 0. The molecule has 0 bridgehead atoms. The molecule has 186 valence electrons. The van der Waals surface area contributed by atoms with Crippen LogP contribution >= 0.6 is 0 Å². The second-order valence-corrected chi connectivity index (χ2v) is 7.37. The molecular formula is C27H30O8. The van der Waals surface area contributed by atoms with Gasteiger partial charge in [-0.2, -0.15) is 0 Å². The van der Waals surface area contributed by atoms with Crippen LogP contribution in [0.25, 0.3) is 12.2 Å². The topological polar surface area (TPSA) is 97.4 Å². The molecule has 35 heavy (non-hydrogen) atoms. The number of allylic oxidation sites excluding steroid dienone is 2. The summed E-state index contributed by atoms with van der Waals surface area (Å²) < 4.78 is 25.6. The number of rotatable bonds is 13. The van der Waals surface area contributed by atoms with Crippen LogP contribution in [0, 0.1) is 5.92 Å². The Morgan fingerprint density at radius 3 is 1.49 bits per heavy atom. The Kier molecular flexibility index (Phi) is 10.6. The second-order valence-electron chi connectivity index (χ2n) is 7.37. The molecule has 0 N–H and O–H groups in total. The third-order valence-electron chi connectivity index (χ3n) is 5.25. The van der Waals surface area contributed by atoms with Crippen LogP contribution in [0.15, 0.2) is 48.6 Å². The van der Waals surface area contributed by atoms with E-state index >= 15 is 0 Å². The molecule has 0 aromatic heterocycles. The molecule has 0 aliphatic rings. The summed E-state index contributed by atoms with van der Waals surface area (Å²) in [6.45, 7) is 0. The maximum atomic E-state index is 12.9. The zero-order valence-electron chi connectivity index (χ0n) is 20.5. The van der Waals surface area contributed by atoms with Gasteiger partial charge in [-0.3, -0.25) is 14.4 Å². The Hall–Kier alpha value is -4.07. The van der Waals surface area contributed by atoms with Crippen molar-refractivity contribution in [3.63, 3.8) is 0 Å². The third kappa shape index (κ3) is 7.74. The molecule has 8 heteroatoms. The van der Waals surface area contributed by atoms with Crippen molar-refractivity contribution in [3.05, 3.63) is 59.7 Å². The van der Waals surface area contributed by atoms with E-state index in [0.29, 0.717) is 34.1 Å². The van der Waals surface area contributed by atoms with E-state index in [4.69, 9.17) is 18.9 Å². The molecule has 0 amide bonds. The van der Waals surface area contributed by atoms with E-state index in [2.05, 4.69) is 4.74 Å². The van der Waals surface area contributed by atoms with Gasteiger partial charge in [0.1, 0.15) is 0 Å². The standard InChI is InChI=1S/C27H30O8/c1-31-23-13-8-18(16-25(23)33-3)6-11-21(28)20(10-15-27(30)35-5)22(29)12-7-19-9-14-24(32-2)26(17-19)34-4/h6-9,11-14,16-17,20H,10,15H2,1-5H3/b11-6+,12-7+. The fourth-order valence-electron chi connectivity index (χ4n) is 3.29. The van der Waals surface area contributed by atoms with E-state index in [-0.39, 0.29) is 12.8 Å². The molecule has 0 heterocycles. The van der Waals surface area contributed by atoms with Crippen LogP contribution in [0.5, 0.6) is 23.0 Å². The minimum Gasteiger partial charge on any atom is -0.493 e. The predicted octanol–water partition coefficient (Wildman–Crippen LogP) is 4.16. The molecule has 0 atom stereocenters. The van der Waals surface area contributed by atoms with Gasteiger partial charge in [0.15, 0.2) is 34.6 Å². The number of carbonyl (C=O) groups excluding carboxylic acids is 3. The molecule has 2 aromatic rings. The lowest BCUT2D eigenvalue weighted by Crippen LogP contribution is -2.22. The first-order chi connectivity index (χ1) is 16.9. The Morgan fingerprint density at radius 2 is 1.11 bits per heavy atom. The van der Waals surface area contributed by atoms with Gasteiger partial charge in [-0.05, 0) is 54.0 Å².